The molecule has 0 spiro atoms. The molecule has 1 aliphatic rings. The number of anilines is 1. The molecule has 43 heavy (non-hydrogen) atoms. The largest absolute Gasteiger partial charge is 0.416 e. The Kier molecular flexibility index (Phi) is 11.0. The summed E-state index contributed by atoms with van der Waals surface area (Å²) < 4.78 is 44.4. The van der Waals surface area contributed by atoms with Crippen molar-refractivity contribution in [2.75, 3.05) is 51.4 Å². The summed E-state index contributed by atoms with van der Waals surface area (Å²) in [6, 6.07) is 20.8. The minimum Gasteiger partial charge on any atom is -0.395 e. The van der Waals surface area contributed by atoms with Crippen LogP contribution in [0.15, 0.2) is 84.9 Å². The van der Waals surface area contributed by atoms with Gasteiger partial charge in [0.2, 0.25) is 11.8 Å². The topological polar surface area (TPSA) is 73.3 Å². The van der Waals surface area contributed by atoms with Gasteiger partial charge in [0.25, 0.3) is 0 Å². The Morgan fingerprint density at radius 2 is 1.60 bits per heavy atom. The number of aliphatic hydroxyl groups excluding tert-OH is 1. The van der Waals surface area contributed by atoms with Crippen LogP contribution in [0.4, 0.5) is 18.9 Å². The molecule has 1 fully saturated rings. The first kappa shape index (κ1) is 31.8. The first-order valence-electron chi connectivity index (χ1n) is 14.1. The zero-order valence-electron chi connectivity index (χ0n) is 24.0. The molecule has 10 heteroatoms. The van der Waals surface area contributed by atoms with Gasteiger partial charge >= 0.3 is 6.18 Å². The van der Waals surface area contributed by atoms with E-state index >= 15 is 0 Å². The average Bonchev–Trinajstić information content (AvgIpc) is 3.02. The predicted octanol–water partition coefficient (Wildman–Crippen LogP) is 4.65. The number of alkyl halides is 3. The van der Waals surface area contributed by atoms with Gasteiger partial charge in [0.05, 0.1) is 25.4 Å². The molecule has 0 bridgehead atoms. The number of likely N-dealkylation sites (N-methyl/N-ethyl adjacent to an activating group) is 1. The van der Waals surface area contributed by atoms with Gasteiger partial charge in [-0.3, -0.25) is 9.59 Å². The van der Waals surface area contributed by atoms with Crippen molar-refractivity contribution in [3.8, 4) is 0 Å². The predicted molar refractivity (Wildman–Crippen MR) is 159 cm³/mol. The minimum atomic E-state index is -4.46. The van der Waals surface area contributed by atoms with E-state index in [2.05, 4.69) is 4.90 Å². The molecule has 1 atom stereocenters. The highest BCUT2D eigenvalue weighted by Gasteiger charge is 2.32. The van der Waals surface area contributed by atoms with Gasteiger partial charge in [0, 0.05) is 51.4 Å². The maximum absolute atomic E-state index is 13.8. The van der Waals surface area contributed by atoms with Crippen LogP contribution in [0.25, 0.3) is 6.08 Å². The molecule has 0 unspecified atom stereocenters. The van der Waals surface area contributed by atoms with Crippen molar-refractivity contribution < 1.29 is 32.6 Å². The van der Waals surface area contributed by atoms with Crippen molar-refractivity contribution in [2.24, 2.45) is 0 Å². The van der Waals surface area contributed by atoms with Crippen LogP contribution in [-0.2, 0) is 33.5 Å². The van der Waals surface area contributed by atoms with E-state index in [1.807, 2.05) is 54.6 Å². The lowest BCUT2D eigenvalue weighted by atomic mass is 10.0. The lowest BCUT2D eigenvalue weighted by molar-refractivity contribution is -0.143. The molecule has 1 heterocycles. The number of nitrogens with zero attached hydrogens (tertiary/aromatic N) is 3. The molecule has 4 rings (SSSR count). The Hall–Kier alpha value is -4.15. The minimum absolute atomic E-state index is 0.0990. The third-order valence-corrected chi connectivity index (χ3v) is 7.35. The van der Waals surface area contributed by atoms with Crippen molar-refractivity contribution in [2.45, 2.75) is 25.2 Å². The van der Waals surface area contributed by atoms with Gasteiger partial charge in [-0.25, -0.2) is 0 Å². The number of benzene rings is 3. The molecule has 1 N–H and O–H groups in total. The summed E-state index contributed by atoms with van der Waals surface area (Å²) >= 11 is 0. The van der Waals surface area contributed by atoms with E-state index in [1.54, 1.807) is 7.05 Å². The normalized spacial score (nSPS) is 14.5. The van der Waals surface area contributed by atoms with Crippen molar-refractivity contribution in [1.82, 2.24) is 9.80 Å². The number of morpholine rings is 1. The number of hydrogen-bond donors (Lipinski definition) is 1. The molecular formula is C33H36F3N3O4. The van der Waals surface area contributed by atoms with E-state index in [0.717, 1.165) is 42.0 Å². The molecule has 3 aromatic carbocycles. The van der Waals surface area contributed by atoms with Gasteiger partial charge in [-0.05, 0) is 47.0 Å². The molecule has 0 radical (unpaired) electrons. The van der Waals surface area contributed by atoms with Crippen molar-refractivity contribution >= 4 is 23.6 Å². The molecular weight excluding hydrogens is 559 g/mol. The summed E-state index contributed by atoms with van der Waals surface area (Å²) in [5.74, 6) is -0.803. The van der Waals surface area contributed by atoms with Crippen LogP contribution in [0.2, 0.25) is 0 Å². The zero-order valence-corrected chi connectivity index (χ0v) is 24.0. The van der Waals surface area contributed by atoms with Crippen LogP contribution in [-0.4, -0.2) is 79.3 Å². The summed E-state index contributed by atoms with van der Waals surface area (Å²) in [5, 5.41) is 9.49. The van der Waals surface area contributed by atoms with Crippen LogP contribution in [0.3, 0.4) is 0 Å². The second kappa shape index (κ2) is 14.8. The third kappa shape index (κ3) is 8.92. The number of rotatable bonds is 11. The summed E-state index contributed by atoms with van der Waals surface area (Å²) in [5.41, 5.74) is 2.33. The molecule has 2 amide bonds. The molecule has 0 saturated carbocycles. The quantitative estimate of drug-likeness (QED) is 0.327. The zero-order chi connectivity index (χ0) is 30.8. The Labute approximate surface area is 249 Å². The van der Waals surface area contributed by atoms with E-state index in [9.17, 15) is 27.9 Å². The summed E-state index contributed by atoms with van der Waals surface area (Å²) in [7, 11) is 1.58. The number of amides is 2. The average molecular weight is 596 g/mol. The fourth-order valence-electron chi connectivity index (χ4n) is 4.90. The van der Waals surface area contributed by atoms with Gasteiger partial charge in [-0.15, -0.1) is 0 Å². The Morgan fingerprint density at radius 1 is 0.953 bits per heavy atom. The SMILES string of the molecule is CN(CCO)C(=O)[C@H](Cc1ccccc1)N(Cc1ccc(N2CCOCC2)cc1)C(=O)/C=C/c1ccc(C(F)(F)F)cc1. The van der Waals surface area contributed by atoms with Gasteiger partial charge in [-0.2, -0.15) is 13.2 Å². The van der Waals surface area contributed by atoms with Crippen LogP contribution in [0.1, 0.15) is 22.3 Å². The lowest BCUT2D eigenvalue weighted by Gasteiger charge is -2.33. The lowest BCUT2D eigenvalue weighted by Crippen LogP contribution is -2.51. The molecule has 0 aromatic heterocycles. The summed E-state index contributed by atoms with van der Waals surface area (Å²) in [6.07, 6.45) is -1.50. The standard InChI is InChI=1S/C33H36F3N3O4/c1-37(17-20-40)32(42)30(23-26-5-3-2-4-6-26)39(24-27-9-14-29(15-10-27)38-18-21-43-22-19-38)31(41)16-11-25-7-12-28(13-8-25)33(34,35)36/h2-16,30,40H,17-24H2,1H3/b16-11+/t30-/m0/s1. The highest BCUT2D eigenvalue weighted by Crippen LogP contribution is 2.29. The number of halogens is 3. The van der Waals surface area contributed by atoms with Crippen LogP contribution < -0.4 is 4.90 Å². The first-order valence-corrected chi connectivity index (χ1v) is 14.1. The van der Waals surface area contributed by atoms with E-state index in [-0.39, 0.29) is 32.0 Å². The highest BCUT2D eigenvalue weighted by atomic mass is 19.4. The Bertz CT molecular complexity index is 1360. The number of aliphatic hydroxyl groups is 1. The molecule has 1 saturated heterocycles. The first-order chi connectivity index (χ1) is 20.7. The smallest absolute Gasteiger partial charge is 0.395 e. The van der Waals surface area contributed by atoms with Gasteiger partial charge in [0.15, 0.2) is 0 Å². The summed E-state index contributed by atoms with van der Waals surface area (Å²) in [4.78, 5) is 32.6. The van der Waals surface area contributed by atoms with Crippen molar-refractivity contribution in [3.05, 3.63) is 107 Å². The highest BCUT2D eigenvalue weighted by molar-refractivity contribution is 5.95. The van der Waals surface area contributed by atoms with Crippen molar-refractivity contribution in [3.63, 3.8) is 0 Å². The van der Waals surface area contributed by atoms with Crippen LogP contribution in [0.5, 0.6) is 0 Å². The van der Waals surface area contributed by atoms with E-state index < -0.39 is 23.7 Å². The number of ether oxygens (including phenoxy) is 1. The Morgan fingerprint density at radius 3 is 2.21 bits per heavy atom. The summed E-state index contributed by atoms with van der Waals surface area (Å²) in [6.45, 7) is 2.86. The van der Waals surface area contributed by atoms with Gasteiger partial charge < -0.3 is 24.5 Å². The van der Waals surface area contributed by atoms with Gasteiger partial charge in [-0.1, -0.05) is 54.6 Å². The fourth-order valence-corrected chi connectivity index (χ4v) is 4.90. The van der Waals surface area contributed by atoms with E-state index in [4.69, 9.17) is 4.74 Å². The van der Waals surface area contributed by atoms with Crippen LogP contribution in [0, 0.1) is 0 Å². The third-order valence-electron chi connectivity index (χ3n) is 7.35. The molecule has 1 aliphatic heterocycles. The maximum atomic E-state index is 13.8. The molecule has 228 valence electrons. The fraction of sp³-hybridized carbons (Fsp3) is 0.333. The number of hydrogen-bond acceptors (Lipinski definition) is 5. The van der Waals surface area contributed by atoms with E-state index in [1.165, 1.54) is 34.1 Å². The van der Waals surface area contributed by atoms with E-state index in [0.29, 0.717) is 18.8 Å². The number of carbonyl (C=O) groups excluding carboxylic acids is 2. The van der Waals surface area contributed by atoms with Crippen LogP contribution >= 0.6 is 0 Å². The van der Waals surface area contributed by atoms with Crippen molar-refractivity contribution in [1.29, 1.82) is 0 Å². The monoisotopic (exact) mass is 595 g/mol. The van der Waals surface area contributed by atoms with Gasteiger partial charge in [0.1, 0.15) is 6.04 Å². The second-order valence-corrected chi connectivity index (χ2v) is 10.4. The second-order valence-electron chi connectivity index (χ2n) is 10.4. The molecule has 7 nitrogen and oxygen atoms in total. The molecule has 0 aliphatic carbocycles. The molecule has 3 aromatic rings. The number of carbonyl (C=O) groups is 2. The Balaban J connectivity index is 1.65. The maximum Gasteiger partial charge on any atom is 0.416 e.